The van der Waals surface area contributed by atoms with Gasteiger partial charge in [-0.05, 0) is 56.5 Å². The van der Waals surface area contributed by atoms with Gasteiger partial charge in [0, 0.05) is 24.7 Å². The number of benzene rings is 1. The van der Waals surface area contributed by atoms with Crippen LogP contribution in [-0.2, 0) is 11.2 Å². The third-order valence-corrected chi connectivity index (χ3v) is 3.89. The lowest BCUT2D eigenvalue weighted by Crippen LogP contribution is -2.41. The maximum absolute atomic E-state index is 12.6. The predicted octanol–water partition coefficient (Wildman–Crippen LogP) is 2.86. The van der Waals surface area contributed by atoms with E-state index in [0.29, 0.717) is 0 Å². The molecule has 2 rings (SSSR count). The van der Waals surface area contributed by atoms with Crippen LogP contribution in [0.2, 0.25) is 0 Å². The largest absolute Gasteiger partial charge is 0.319 e. The van der Waals surface area contributed by atoms with E-state index in [1.165, 1.54) is 16.7 Å². The predicted molar refractivity (Wildman–Crippen MR) is 86.9 cm³/mol. The Morgan fingerprint density at radius 3 is 2.75 bits per heavy atom. The Balaban J connectivity index is 0.00000200. The van der Waals surface area contributed by atoms with E-state index >= 15 is 0 Å². The number of carbonyl (C=O) groups is 1. The number of rotatable bonds is 3. The molecule has 1 amide bonds. The summed E-state index contributed by atoms with van der Waals surface area (Å²) in [5.41, 5.74) is 5.03. The van der Waals surface area contributed by atoms with Crippen molar-refractivity contribution in [3.05, 3.63) is 28.8 Å². The van der Waals surface area contributed by atoms with Gasteiger partial charge in [-0.15, -0.1) is 12.4 Å². The molecular formula is C16H25ClN2O. The van der Waals surface area contributed by atoms with Crippen LogP contribution >= 0.6 is 12.4 Å². The lowest BCUT2D eigenvalue weighted by molar-refractivity contribution is -0.121. The first-order valence-corrected chi connectivity index (χ1v) is 7.10. The first kappa shape index (κ1) is 17.0. The van der Waals surface area contributed by atoms with Crippen LogP contribution in [0.15, 0.2) is 12.1 Å². The Morgan fingerprint density at radius 1 is 1.40 bits per heavy atom. The molecule has 3 nitrogen and oxygen atoms in total. The van der Waals surface area contributed by atoms with Crippen molar-refractivity contribution >= 4 is 24.0 Å². The molecule has 1 unspecified atom stereocenters. The van der Waals surface area contributed by atoms with E-state index in [1.807, 2.05) is 18.9 Å². The zero-order valence-electron chi connectivity index (χ0n) is 12.8. The van der Waals surface area contributed by atoms with Crippen molar-refractivity contribution in [2.75, 3.05) is 25.0 Å². The average molecular weight is 297 g/mol. The second-order valence-corrected chi connectivity index (χ2v) is 5.63. The van der Waals surface area contributed by atoms with E-state index in [1.54, 1.807) is 0 Å². The van der Waals surface area contributed by atoms with Crippen LogP contribution in [0.3, 0.4) is 0 Å². The second kappa shape index (κ2) is 7.09. The van der Waals surface area contributed by atoms with Gasteiger partial charge in [-0.25, -0.2) is 0 Å². The van der Waals surface area contributed by atoms with Gasteiger partial charge < -0.3 is 10.2 Å². The molecule has 1 aromatic carbocycles. The van der Waals surface area contributed by atoms with Crippen molar-refractivity contribution in [2.24, 2.45) is 5.92 Å². The molecule has 0 fully saturated rings. The van der Waals surface area contributed by atoms with E-state index in [9.17, 15) is 4.79 Å². The molecule has 1 aliphatic heterocycles. The number of hydrogen-bond acceptors (Lipinski definition) is 2. The van der Waals surface area contributed by atoms with Crippen LogP contribution in [0, 0.1) is 19.8 Å². The van der Waals surface area contributed by atoms with Gasteiger partial charge in [0.25, 0.3) is 0 Å². The maximum atomic E-state index is 12.6. The van der Waals surface area contributed by atoms with E-state index in [0.717, 1.165) is 31.6 Å². The summed E-state index contributed by atoms with van der Waals surface area (Å²) in [7, 11) is 1.89. The maximum Gasteiger partial charge on any atom is 0.231 e. The number of anilines is 1. The molecule has 1 aromatic rings. The summed E-state index contributed by atoms with van der Waals surface area (Å²) in [5, 5.41) is 3.09. The van der Waals surface area contributed by atoms with Gasteiger partial charge in [-0.1, -0.05) is 13.0 Å². The highest BCUT2D eigenvalue weighted by molar-refractivity contribution is 5.96. The van der Waals surface area contributed by atoms with Gasteiger partial charge in [-0.2, -0.15) is 0 Å². The Morgan fingerprint density at radius 2 is 2.10 bits per heavy atom. The standard InChI is InChI=1S/C16H24N2O.ClH/c1-11-8-12(2)14-6-5-7-18(15(14)9-11)16(19)13(3)10-17-4;/h8-9,13,17H,5-7,10H2,1-4H3;1H. The molecule has 0 saturated heterocycles. The van der Waals surface area contributed by atoms with Crippen molar-refractivity contribution in [3.8, 4) is 0 Å². The molecular weight excluding hydrogens is 272 g/mol. The Bertz CT molecular complexity index is 488. The molecule has 1 atom stereocenters. The van der Waals surface area contributed by atoms with Crippen molar-refractivity contribution in [1.29, 1.82) is 0 Å². The highest BCUT2D eigenvalue weighted by Crippen LogP contribution is 2.31. The minimum absolute atomic E-state index is 0. The highest BCUT2D eigenvalue weighted by atomic mass is 35.5. The van der Waals surface area contributed by atoms with Gasteiger partial charge in [0.15, 0.2) is 0 Å². The summed E-state index contributed by atoms with van der Waals surface area (Å²) in [6, 6.07) is 4.37. The average Bonchev–Trinajstić information content (AvgIpc) is 2.37. The molecule has 1 aliphatic rings. The first-order valence-electron chi connectivity index (χ1n) is 7.10. The lowest BCUT2D eigenvalue weighted by atomic mass is 9.94. The Hall–Kier alpha value is -1.06. The molecule has 0 bridgehead atoms. The SMILES string of the molecule is CNCC(C)C(=O)N1CCCc2c(C)cc(C)cc21.Cl. The molecule has 0 radical (unpaired) electrons. The smallest absolute Gasteiger partial charge is 0.231 e. The van der Waals surface area contributed by atoms with E-state index in [4.69, 9.17) is 0 Å². The summed E-state index contributed by atoms with van der Waals surface area (Å²) < 4.78 is 0. The zero-order chi connectivity index (χ0) is 14.0. The highest BCUT2D eigenvalue weighted by Gasteiger charge is 2.26. The molecule has 0 aliphatic carbocycles. The summed E-state index contributed by atoms with van der Waals surface area (Å²) in [4.78, 5) is 14.5. The molecule has 0 aromatic heterocycles. The molecule has 4 heteroatoms. The normalized spacial score (nSPS) is 15.3. The van der Waals surface area contributed by atoms with Crippen LogP contribution in [0.1, 0.15) is 30.0 Å². The first-order chi connectivity index (χ1) is 9.04. The molecule has 112 valence electrons. The topological polar surface area (TPSA) is 32.3 Å². The van der Waals surface area contributed by atoms with E-state index in [2.05, 4.69) is 31.3 Å². The fourth-order valence-corrected chi connectivity index (χ4v) is 2.96. The van der Waals surface area contributed by atoms with Gasteiger partial charge >= 0.3 is 0 Å². The Labute approximate surface area is 128 Å². The number of nitrogens with zero attached hydrogens (tertiary/aromatic N) is 1. The summed E-state index contributed by atoms with van der Waals surface area (Å²) in [5.74, 6) is 0.261. The lowest BCUT2D eigenvalue weighted by Gasteiger charge is -2.32. The monoisotopic (exact) mass is 296 g/mol. The number of fused-ring (bicyclic) bond motifs is 1. The number of amides is 1. The quantitative estimate of drug-likeness (QED) is 0.930. The number of nitrogens with one attached hydrogen (secondary N) is 1. The minimum Gasteiger partial charge on any atom is -0.319 e. The number of halogens is 1. The third-order valence-electron chi connectivity index (χ3n) is 3.89. The summed E-state index contributed by atoms with van der Waals surface area (Å²) >= 11 is 0. The zero-order valence-corrected chi connectivity index (χ0v) is 13.6. The molecule has 20 heavy (non-hydrogen) atoms. The fourth-order valence-electron chi connectivity index (χ4n) is 2.96. The van der Waals surface area contributed by atoms with Crippen LogP contribution in [0.4, 0.5) is 5.69 Å². The van der Waals surface area contributed by atoms with Crippen LogP contribution in [0.25, 0.3) is 0 Å². The van der Waals surface area contributed by atoms with Gasteiger partial charge in [-0.3, -0.25) is 4.79 Å². The van der Waals surface area contributed by atoms with Crippen LogP contribution in [-0.4, -0.2) is 26.0 Å². The Kier molecular flexibility index (Phi) is 6.03. The number of aryl methyl sites for hydroxylation is 2. The molecule has 1 heterocycles. The third kappa shape index (κ3) is 3.33. The number of carbonyl (C=O) groups excluding carboxylic acids is 1. The van der Waals surface area contributed by atoms with E-state index in [-0.39, 0.29) is 24.2 Å². The van der Waals surface area contributed by atoms with Crippen molar-refractivity contribution in [2.45, 2.75) is 33.6 Å². The minimum atomic E-state index is 0. The summed E-state index contributed by atoms with van der Waals surface area (Å²) in [6.07, 6.45) is 2.15. The molecule has 1 N–H and O–H groups in total. The number of hydrogen-bond donors (Lipinski definition) is 1. The molecule has 0 saturated carbocycles. The van der Waals surface area contributed by atoms with Crippen LogP contribution in [0.5, 0.6) is 0 Å². The summed E-state index contributed by atoms with van der Waals surface area (Å²) in [6.45, 7) is 7.83. The van der Waals surface area contributed by atoms with Crippen molar-refractivity contribution < 1.29 is 4.79 Å². The van der Waals surface area contributed by atoms with Crippen molar-refractivity contribution in [3.63, 3.8) is 0 Å². The van der Waals surface area contributed by atoms with Gasteiger partial charge in [0.05, 0.1) is 0 Å². The van der Waals surface area contributed by atoms with E-state index < -0.39 is 0 Å². The van der Waals surface area contributed by atoms with Crippen molar-refractivity contribution in [1.82, 2.24) is 5.32 Å². The molecule has 0 spiro atoms. The van der Waals surface area contributed by atoms with Crippen LogP contribution < -0.4 is 10.2 Å². The fraction of sp³-hybridized carbons (Fsp3) is 0.562. The van der Waals surface area contributed by atoms with Gasteiger partial charge in [0.2, 0.25) is 5.91 Å². The second-order valence-electron chi connectivity index (χ2n) is 5.63. The van der Waals surface area contributed by atoms with Gasteiger partial charge in [0.1, 0.15) is 0 Å².